The zero-order valence-electron chi connectivity index (χ0n) is 12.4. The minimum absolute atomic E-state index is 0.678. The van der Waals surface area contributed by atoms with Crippen LogP contribution in [0.2, 0.25) is 0 Å². The van der Waals surface area contributed by atoms with E-state index in [1.54, 1.807) is 7.11 Å². The fourth-order valence-corrected chi connectivity index (χ4v) is 3.54. The summed E-state index contributed by atoms with van der Waals surface area (Å²) in [6.45, 7) is 5.61. The molecule has 0 bridgehead atoms. The zero-order chi connectivity index (χ0) is 14.2. The first-order chi connectivity index (χ1) is 9.79. The number of rotatable bonds is 8. The topological polar surface area (TPSA) is 64.9 Å². The number of hydrogen-bond donors (Lipinski definition) is 1. The van der Waals surface area contributed by atoms with Gasteiger partial charge >= 0.3 is 0 Å². The first kappa shape index (κ1) is 15.7. The minimum Gasteiger partial charge on any atom is -0.383 e. The maximum Gasteiger partial charge on any atom is 0.209 e. The molecule has 114 valence electrons. The lowest BCUT2D eigenvalue weighted by atomic mass is 9.91. The molecule has 0 aliphatic heterocycles. The smallest absolute Gasteiger partial charge is 0.209 e. The zero-order valence-corrected chi connectivity index (χ0v) is 13.2. The van der Waals surface area contributed by atoms with Crippen LogP contribution in [0.15, 0.2) is 5.16 Å². The number of aromatic nitrogens is 4. The molecule has 2 rings (SSSR count). The first-order valence-corrected chi connectivity index (χ1v) is 8.30. The molecule has 20 heavy (non-hydrogen) atoms. The number of nitrogens with zero attached hydrogens (tertiary/aromatic N) is 4. The van der Waals surface area contributed by atoms with Gasteiger partial charge in [-0.25, -0.2) is 4.68 Å². The third kappa shape index (κ3) is 5.03. The quantitative estimate of drug-likeness (QED) is 0.735. The van der Waals surface area contributed by atoms with Gasteiger partial charge in [-0.2, -0.15) is 0 Å². The highest BCUT2D eigenvalue weighted by atomic mass is 32.2. The van der Waals surface area contributed by atoms with E-state index >= 15 is 0 Å². The van der Waals surface area contributed by atoms with Crippen LogP contribution in [0.3, 0.4) is 0 Å². The average molecular weight is 299 g/mol. The second-order valence-electron chi connectivity index (χ2n) is 5.43. The molecule has 1 saturated carbocycles. The maximum absolute atomic E-state index is 5.00. The van der Waals surface area contributed by atoms with Crippen LogP contribution in [0, 0.1) is 5.92 Å². The fraction of sp³-hybridized carbons (Fsp3) is 0.923. The van der Waals surface area contributed by atoms with Crippen LogP contribution in [0.25, 0.3) is 0 Å². The second-order valence-corrected chi connectivity index (χ2v) is 6.69. The highest BCUT2D eigenvalue weighted by molar-refractivity contribution is 7.99. The molecule has 1 fully saturated rings. The summed E-state index contributed by atoms with van der Waals surface area (Å²) in [5.74, 6) is 0.882. The van der Waals surface area contributed by atoms with E-state index in [1.165, 1.54) is 25.7 Å². The van der Waals surface area contributed by atoms with Gasteiger partial charge in [0.15, 0.2) is 0 Å². The van der Waals surface area contributed by atoms with Crippen molar-refractivity contribution in [2.75, 3.05) is 26.8 Å². The summed E-state index contributed by atoms with van der Waals surface area (Å²) in [5.41, 5.74) is 0. The molecule has 1 aliphatic rings. The van der Waals surface area contributed by atoms with E-state index < -0.39 is 0 Å². The van der Waals surface area contributed by atoms with Crippen molar-refractivity contribution in [3.8, 4) is 0 Å². The molecule has 0 radical (unpaired) electrons. The number of tetrazole rings is 1. The Kier molecular flexibility index (Phi) is 6.75. The van der Waals surface area contributed by atoms with Gasteiger partial charge < -0.3 is 10.1 Å². The number of nitrogens with one attached hydrogen (secondary N) is 1. The van der Waals surface area contributed by atoms with Crippen molar-refractivity contribution < 1.29 is 4.74 Å². The van der Waals surface area contributed by atoms with Crippen molar-refractivity contribution in [1.82, 2.24) is 25.5 Å². The van der Waals surface area contributed by atoms with E-state index in [4.69, 9.17) is 4.74 Å². The fourth-order valence-electron chi connectivity index (χ4n) is 2.40. The molecule has 0 amide bonds. The molecule has 1 heterocycles. The van der Waals surface area contributed by atoms with E-state index in [-0.39, 0.29) is 0 Å². The van der Waals surface area contributed by atoms with Crippen LogP contribution in [0.1, 0.15) is 32.6 Å². The molecular weight excluding hydrogens is 274 g/mol. The number of ether oxygens (including phenoxy) is 1. The molecule has 1 aromatic heterocycles. The van der Waals surface area contributed by atoms with E-state index in [9.17, 15) is 0 Å². The Morgan fingerprint density at radius 1 is 1.30 bits per heavy atom. The Morgan fingerprint density at radius 2 is 2.10 bits per heavy atom. The third-order valence-corrected chi connectivity index (χ3v) is 5.03. The predicted octanol–water partition coefficient (Wildman–Crippen LogP) is 1.58. The summed E-state index contributed by atoms with van der Waals surface area (Å²) in [6, 6.07) is 0. The summed E-state index contributed by atoms with van der Waals surface area (Å²) in [4.78, 5) is 0. The number of thioether (sulfide) groups is 1. The molecule has 0 atom stereocenters. The summed E-state index contributed by atoms with van der Waals surface area (Å²) >= 11 is 1.84. The van der Waals surface area contributed by atoms with Crippen molar-refractivity contribution in [3.05, 3.63) is 0 Å². The van der Waals surface area contributed by atoms with Crippen LogP contribution in [-0.2, 0) is 11.3 Å². The Morgan fingerprint density at radius 3 is 2.85 bits per heavy atom. The van der Waals surface area contributed by atoms with Crippen LogP contribution in [0.5, 0.6) is 0 Å². The monoisotopic (exact) mass is 299 g/mol. The molecule has 0 spiro atoms. The molecule has 0 unspecified atom stereocenters. The first-order valence-electron chi connectivity index (χ1n) is 7.42. The highest BCUT2D eigenvalue weighted by Crippen LogP contribution is 2.34. The second kappa shape index (κ2) is 8.59. The van der Waals surface area contributed by atoms with Gasteiger partial charge in [0.05, 0.1) is 13.2 Å². The SMILES string of the molecule is COCCNCCn1nnnc1SC1CCC(C)CC1. The van der Waals surface area contributed by atoms with E-state index in [0.29, 0.717) is 5.25 Å². The lowest BCUT2D eigenvalue weighted by Gasteiger charge is -2.24. The van der Waals surface area contributed by atoms with Crippen LogP contribution in [-0.4, -0.2) is 52.3 Å². The van der Waals surface area contributed by atoms with Crippen molar-refractivity contribution in [1.29, 1.82) is 0 Å². The maximum atomic E-state index is 5.00. The predicted molar refractivity (Wildman–Crippen MR) is 79.8 cm³/mol. The summed E-state index contributed by atoms with van der Waals surface area (Å²) in [5, 5.41) is 17.0. The molecule has 0 aromatic carbocycles. The van der Waals surface area contributed by atoms with Crippen LogP contribution >= 0.6 is 11.8 Å². The van der Waals surface area contributed by atoms with Gasteiger partial charge in [0, 0.05) is 25.4 Å². The lowest BCUT2D eigenvalue weighted by Crippen LogP contribution is -2.24. The molecule has 7 heteroatoms. The Balaban J connectivity index is 1.73. The minimum atomic E-state index is 0.678. The molecule has 1 aromatic rings. The molecule has 0 saturated heterocycles. The molecule has 6 nitrogen and oxygen atoms in total. The Hall–Kier alpha value is -0.660. The third-order valence-electron chi connectivity index (χ3n) is 3.72. The average Bonchev–Trinajstić information content (AvgIpc) is 2.89. The van der Waals surface area contributed by atoms with Gasteiger partial charge in [-0.05, 0) is 42.0 Å². The van der Waals surface area contributed by atoms with Crippen LogP contribution < -0.4 is 5.32 Å². The van der Waals surface area contributed by atoms with Crippen LogP contribution in [0.4, 0.5) is 0 Å². The largest absolute Gasteiger partial charge is 0.383 e. The van der Waals surface area contributed by atoms with Crippen molar-refractivity contribution in [2.24, 2.45) is 5.92 Å². The van der Waals surface area contributed by atoms with Gasteiger partial charge in [-0.15, -0.1) is 5.10 Å². The number of hydrogen-bond acceptors (Lipinski definition) is 6. The van der Waals surface area contributed by atoms with Gasteiger partial charge in [0.2, 0.25) is 5.16 Å². The molecular formula is C13H25N5OS. The molecule has 1 aliphatic carbocycles. The standard InChI is InChI=1S/C13H25N5OS/c1-11-3-5-12(6-4-11)20-13-15-16-17-18(13)9-7-14-8-10-19-2/h11-12,14H,3-10H2,1-2H3. The van der Waals surface area contributed by atoms with Gasteiger partial charge in [0.1, 0.15) is 0 Å². The van der Waals surface area contributed by atoms with E-state index in [2.05, 4.69) is 27.8 Å². The van der Waals surface area contributed by atoms with Crippen molar-refractivity contribution >= 4 is 11.8 Å². The van der Waals surface area contributed by atoms with Crippen molar-refractivity contribution in [3.63, 3.8) is 0 Å². The Labute approximate surface area is 125 Å². The van der Waals surface area contributed by atoms with Gasteiger partial charge in [-0.3, -0.25) is 0 Å². The van der Waals surface area contributed by atoms with E-state index in [0.717, 1.165) is 37.3 Å². The number of methoxy groups -OCH3 is 1. The molecule has 1 N–H and O–H groups in total. The highest BCUT2D eigenvalue weighted by Gasteiger charge is 2.21. The normalized spacial score (nSPS) is 23.1. The van der Waals surface area contributed by atoms with Crippen molar-refractivity contribution in [2.45, 2.75) is 49.6 Å². The van der Waals surface area contributed by atoms with Gasteiger partial charge in [-0.1, -0.05) is 18.7 Å². The lowest BCUT2D eigenvalue weighted by molar-refractivity contribution is 0.199. The summed E-state index contributed by atoms with van der Waals surface area (Å²) in [7, 11) is 1.71. The Bertz CT molecular complexity index is 379. The van der Waals surface area contributed by atoms with Gasteiger partial charge in [0.25, 0.3) is 0 Å². The van der Waals surface area contributed by atoms with E-state index in [1.807, 2.05) is 16.4 Å². The summed E-state index contributed by atoms with van der Waals surface area (Å²) in [6.07, 6.45) is 5.23. The summed E-state index contributed by atoms with van der Waals surface area (Å²) < 4.78 is 6.90.